The second kappa shape index (κ2) is 2.98. The Morgan fingerprint density at radius 3 is 2.58 bits per heavy atom. The summed E-state index contributed by atoms with van der Waals surface area (Å²) in [5.41, 5.74) is 5.92. The maximum absolute atomic E-state index is 5.92. The van der Waals surface area contributed by atoms with E-state index in [1.807, 2.05) is 0 Å². The highest BCUT2D eigenvalue weighted by molar-refractivity contribution is 4.87. The molecule has 2 aliphatic rings. The number of ether oxygens (including phenoxy) is 2. The second-order valence-electron chi connectivity index (χ2n) is 3.99. The Kier molecular flexibility index (Phi) is 2.10. The molecule has 1 aliphatic carbocycles. The first-order valence-electron chi connectivity index (χ1n) is 4.75. The van der Waals surface area contributed by atoms with Crippen LogP contribution < -0.4 is 5.73 Å². The Labute approximate surface area is 73.2 Å². The first-order valence-corrected chi connectivity index (χ1v) is 4.75. The highest BCUT2D eigenvalue weighted by atomic mass is 16.7. The first-order chi connectivity index (χ1) is 5.72. The number of rotatable bonds is 0. The van der Waals surface area contributed by atoms with Gasteiger partial charge in [-0.3, -0.25) is 0 Å². The summed E-state index contributed by atoms with van der Waals surface area (Å²) in [6.45, 7) is 3.68. The summed E-state index contributed by atoms with van der Waals surface area (Å²) in [6.07, 6.45) is 2.97. The molecule has 1 spiro atoms. The van der Waals surface area contributed by atoms with Gasteiger partial charge in [-0.05, 0) is 12.3 Å². The summed E-state index contributed by atoms with van der Waals surface area (Å²) in [5, 5.41) is 0. The van der Waals surface area contributed by atoms with Crippen molar-refractivity contribution in [3.8, 4) is 0 Å². The van der Waals surface area contributed by atoms with Crippen molar-refractivity contribution in [2.24, 2.45) is 11.7 Å². The van der Waals surface area contributed by atoms with Gasteiger partial charge in [0.15, 0.2) is 5.79 Å². The van der Waals surface area contributed by atoms with Gasteiger partial charge in [0.2, 0.25) is 0 Å². The Morgan fingerprint density at radius 2 is 2.00 bits per heavy atom. The van der Waals surface area contributed by atoms with Crippen molar-refractivity contribution in [2.75, 3.05) is 13.2 Å². The molecule has 0 radical (unpaired) electrons. The van der Waals surface area contributed by atoms with Crippen molar-refractivity contribution in [1.82, 2.24) is 0 Å². The van der Waals surface area contributed by atoms with E-state index in [2.05, 4.69) is 6.92 Å². The SMILES string of the molecule is CC1CC2(CCC1N)OCCO2. The van der Waals surface area contributed by atoms with E-state index >= 15 is 0 Å². The standard InChI is InChI=1S/C9H17NO2/c1-7-6-9(3-2-8(7)10)11-4-5-12-9/h7-8H,2-6,10H2,1H3. The molecule has 2 unspecified atom stereocenters. The zero-order valence-corrected chi connectivity index (χ0v) is 7.58. The minimum atomic E-state index is -0.255. The largest absolute Gasteiger partial charge is 0.348 e. The van der Waals surface area contributed by atoms with Gasteiger partial charge in [-0.1, -0.05) is 6.92 Å². The average Bonchev–Trinajstić information content (AvgIpc) is 2.47. The summed E-state index contributed by atoms with van der Waals surface area (Å²) in [6, 6.07) is 0.337. The smallest absolute Gasteiger partial charge is 0.168 e. The van der Waals surface area contributed by atoms with Crippen molar-refractivity contribution in [2.45, 2.75) is 38.0 Å². The van der Waals surface area contributed by atoms with Gasteiger partial charge in [0.25, 0.3) is 0 Å². The van der Waals surface area contributed by atoms with Gasteiger partial charge in [0, 0.05) is 18.9 Å². The molecular weight excluding hydrogens is 154 g/mol. The summed E-state index contributed by atoms with van der Waals surface area (Å²) in [7, 11) is 0. The lowest BCUT2D eigenvalue weighted by Gasteiger charge is -2.38. The lowest BCUT2D eigenvalue weighted by Crippen LogP contribution is -2.44. The van der Waals surface area contributed by atoms with Crippen LogP contribution in [0.1, 0.15) is 26.2 Å². The lowest BCUT2D eigenvalue weighted by atomic mass is 9.82. The molecule has 2 N–H and O–H groups in total. The summed E-state index contributed by atoms with van der Waals surface area (Å²) >= 11 is 0. The number of hydrogen-bond acceptors (Lipinski definition) is 3. The molecule has 1 saturated heterocycles. The van der Waals surface area contributed by atoms with E-state index in [1.165, 1.54) is 0 Å². The Hall–Kier alpha value is -0.120. The van der Waals surface area contributed by atoms with Gasteiger partial charge in [-0.25, -0.2) is 0 Å². The van der Waals surface area contributed by atoms with Crippen LogP contribution in [0.2, 0.25) is 0 Å². The fourth-order valence-corrected chi connectivity index (χ4v) is 2.17. The fourth-order valence-electron chi connectivity index (χ4n) is 2.17. The van der Waals surface area contributed by atoms with E-state index in [0.717, 1.165) is 32.5 Å². The van der Waals surface area contributed by atoms with Crippen LogP contribution in [-0.4, -0.2) is 25.0 Å². The van der Waals surface area contributed by atoms with Crippen LogP contribution in [0.3, 0.4) is 0 Å². The van der Waals surface area contributed by atoms with E-state index in [-0.39, 0.29) is 5.79 Å². The van der Waals surface area contributed by atoms with Crippen molar-refractivity contribution in [1.29, 1.82) is 0 Å². The van der Waals surface area contributed by atoms with Crippen LogP contribution in [0.25, 0.3) is 0 Å². The van der Waals surface area contributed by atoms with E-state index in [9.17, 15) is 0 Å². The highest BCUT2D eigenvalue weighted by Gasteiger charge is 2.42. The molecule has 70 valence electrons. The molecule has 0 bridgehead atoms. The molecule has 0 amide bonds. The van der Waals surface area contributed by atoms with Crippen LogP contribution in [-0.2, 0) is 9.47 Å². The van der Waals surface area contributed by atoms with Gasteiger partial charge < -0.3 is 15.2 Å². The van der Waals surface area contributed by atoms with Crippen LogP contribution in [0.4, 0.5) is 0 Å². The van der Waals surface area contributed by atoms with Crippen LogP contribution >= 0.6 is 0 Å². The van der Waals surface area contributed by atoms with Crippen molar-refractivity contribution in [3.63, 3.8) is 0 Å². The lowest BCUT2D eigenvalue weighted by molar-refractivity contribution is -0.187. The van der Waals surface area contributed by atoms with E-state index in [1.54, 1.807) is 0 Å². The third-order valence-corrected chi connectivity index (χ3v) is 3.04. The van der Waals surface area contributed by atoms with Gasteiger partial charge in [0.1, 0.15) is 0 Å². The van der Waals surface area contributed by atoms with Gasteiger partial charge >= 0.3 is 0 Å². The zero-order valence-electron chi connectivity index (χ0n) is 7.58. The summed E-state index contributed by atoms with van der Waals surface area (Å²) in [5.74, 6) is 0.270. The average molecular weight is 171 g/mol. The molecule has 1 saturated carbocycles. The van der Waals surface area contributed by atoms with Crippen molar-refractivity contribution < 1.29 is 9.47 Å². The topological polar surface area (TPSA) is 44.5 Å². The quantitative estimate of drug-likeness (QED) is 0.588. The van der Waals surface area contributed by atoms with E-state index < -0.39 is 0 Å². The van der Waals surface area contributed by atoms with Crippen LogP contribution in [0.5, 0.6) is 0 Å². The van der Waals surface area contributed by atoms with E-state index in [0.29, 0.717) is 12.0 Å². The van der Waals surface area contributed by atoms with Crippen LogP contribution in [0, 0.1) is 5.92 Å². The third-order valence-electron chi connectivity index (χ3n) is 3.04. The van der Waals surface area contributed by atoms with Gasteiger partial charge in [-0.15, -0.1) is 0 Å². The molecule has 1 heterocycles. The molecule has 1 aliphatic heterocycles. The Bertz CT molecular complexity index is 166. The molecule has 0 aromatic heterocycles. The molecule has 3 nitrogen and oxygen atoms in total. The van der Waals surface area contributed by atoms with Crippen LogP contribution in [0.15, 0.2) is 0 Å². The maximum Gasteiger partial charge on any atom is 0.168 e. The molecule has 2 fully saturated rings. The molecule has 3 heteroatoms. The number of nitrogens with two attached hydrogens (primary N) is 1. The fraction of sp³-hybridized carbons (Fsp3) is 1.00. The molecule has 0 aromatic carbocycles. The molecular formula is C9H17NO2. The van der Waals surface area contributed by atoms with Gasteiger partial charge in [-0.2, -0.15) is 0 Å². The van der Waals surface area contributed by atoms with E-state index in [4.69, 9.17) is 15.2 Å². The van der Waals surface area contributed by atoms with Gasteiger partial charge in [0.05, 0.1) is 13.2 Å². The second-order valence-corrected chi connectivity index (χ2v) is 3.99. The maximum atomic E-state index is 5.92. The monoisotopic (exact) mass is 171 g/mol. The molecule has 2 rings (SSSR count). The minimum absolute atomic E-state index is 0.255. The Morgan fingerprint density at radius 1 is 1.33 bits per heavy atom. The summed E-state index contributed by atoms with van der Waals surface area (Å²) in [4.78, 5) is 0. The van der Waals surface area contributed by atoms with Crippen molar-refractivity contribution in [3.05, 3.63) is 0 Å². The highest BCUT2D eigenvalue weighted by Crippen LogP contribution is 2.37. The summed E-state index contributed by atoms with van der Waals surface area (Å²) < 4.78 is 11.2. The molecule has 12 heavy (non-hydrogen) atoms. The zero-order chi connectivity index (χ0) is 8.60. The van der Waals surface area contributed by atoms with Crippen molar-refractivity contribution >= 4 is 0 Å². The third kappa shape index (κ3) is 1.37. The molecule has 2 atom stereocenters. The minimum Gasteiger partial charge on any atom is -0.348 e. The first kappa shape index (κ1) is 8.48. The molecule has 0 aromatic rings. The predicted octanol–water partition coefficient (Wildman–Crippen LogP) is 0.877. The number of hydrogen-bond donors (Lipinski definition) is 1. The Balaban J connectivity index is 2.01. The normalized spacial score (nSPS) is 40.5. The predicted molar refractivity (Wildman–Crippen MR) is 45.6 cm³/mol.